The number of hydrogen-bond donors (Lipinski definition) is 2. The molecule has 0 bridgehead atoms. The minimum Gasteiger partial charge on any atom is -0.451 e. The lowest BCUT2D eigenvalue weighted by atomic mass is 10.2. The molecule has 0 aliphatic rings. The van der Waals surface area contributed by atoms with E-state index in [2.05, 4.69) is 10.3 Å². The highest BCUT2D eigenvalue weighted by molar-refractivity contribution is 6.31. The zero-order valence-corrected chi connectivity index (χ0v) is 13.7. The molecule has 0 unspecified atom stereocenters. The Morgan fingerprint density at radius 3 is 2.75 bits per heavy atom. The predicted molar refractivity (Wildman–Crippen MR) is 93.4 cm³/mol. The van der Waals surface area contributed by atoms with Crippen LogP contribution in [0.15, 0.2) is 48.5 Å². The first-order valence-corrected chi connectivity index (χ1v) is 7.71. The Morgan fingerprint density at radius 1 is 1.17 bits per heavy atom. The minimum atomic E-state index is -0.579. The van der Waals surface area contributed by atoms with Crippen molar-refractivity contribution in [3.05, 3.63) is 64.8 Å². The largest absolute Gasteiger partial charge is 0.451 e. The highest BCUT2D eigenvalue weighted by atomic mass is 35.5. The summed E-state index contributed by atoms with van der Waals surface area (Å²) in [6, 6.07) is 14.4. The van der Waals surface area contributed by atoms with Crippen LogP contribution >= 0.6 is 11.6 Å². The lowest BCUT2D eigenvalue weighted by Gasteiger charge is -2.09. The molecular weight excluding hydrogens is 328 g/mol. The summed E-state index contributed by atoms with van der Waals surface area (Å²) in [5, 5.41) is 4.10. The van der Waals surface area contributed by atoms with Crippen LogP contribution in [-0.4, -0.2) is 23.5 Å². The van der Waals surface area contributed by atoms with Crippen LogP contribution in [0.2, 0.25) is 5.02 Å². The molecule has 122 valence electrons. The number of benzene rings is 2. The van der Waals surface area contributed by atoms with Crippen LogP contribution < -0.4 is 5.32 Å². The Balaban J connectivity index is 1.61. The average molecular weight is 343 g/mol. The fourth-order valence-corrected chi connectivity index (χ4v) is 2.48. The molecule has 0 saturated carbocycles. The number of anilines is 1. The van der Waals surface area contributed by atoms with Crippen molar-refractivity contribution >= 4 is 40.1 Å². The van der Waals surface area contributed by atoms with Crippen LogP contribution in [0.1, 0.15) is 16.1 Å². The first-order valence-electron chi connectivity index (χ1n) is 7.34. The molecule has 1 heterocycles. The second-order valence-corrected chi connectivity index (χ2v) is 5.79. The van der Waals surface area contributed by atoms with Crippen LogP contribution in [0.4, 0.5) is 5.69 Å². The first kappa shape index (κ1) is 16.1. The van der Waals surface area contributed by atoms with E-state index in [0.29, 0.717) is 16.4 Å². The van der Waals surface area contributed by atoms with E-state index >= 15 is 0 Å². The van der Waals surface area contributed by atoms with Gasteiger partial charge in [-0.3, -0.25) is 4.79 Å². The van der Waals surface area contributed by atoms with Crippen molar-refractivity contribution in [3.8, 4) is 0 Å². The number of rotatable bonds is 4. The summed E-state index contributed by atoms with van der Waals surface area (Å²) < 4.78 is 5.05. The summed E-state index contributed by atoms with van der Waals surface area (Å²) in [4.78, 5) is 26.9. The van der Waals surface area contributed by atoms with Crippen LogP contribution in [-0.2, 0) is 9.53 Å². The number of aromatic nitrogens is 1. The topological polar surface area (TPSA) is 71.2 Å². The first-order chi connectivity index (χ1) is 11.5. The molecule has 0 atom stereocenters. The molecule has 0 aliphatic heterocycles. The van der Waals surface area contributed by atoms with E-state index < -0.39 is 11.9 Å². The maximum Gasteiger partial charge on any atom is 0.355 e. The van der Waals surface area contributed by atoms with E-state index in [1.54, 1.807) is 24.3 Å². The summed E-state index contributed by atoms with van der Waals surface area (Å²) in [5.41, 5.74) is 2.61. The van der Waals surface area contributed by atoms with Crippen molar-refractivity contribution in [3.63, 3.8) is 0 Å². The van der Waals surface area contributed by atoms with Crippen molar-refractivity contribution in [1.82, 2.24) is 4.98 Å². The Morgan fingerprint density at radius 2 is 1.96 bits per heavy atom. The molecule has 0 fully saturated rings. The van der Waals surface area contributed by atoms with E-state index in [4.69, 9.17) is 16.3 Å². The fraction of sp³-hybridized carbons (Fsp3) is 0.111. The number of H-pyrrole nitrogens is 1. The molecular formula is C18H15ClN2O3. The van der Waals surface area contributed by atoms with Crippen molar-refractivity contribution in [2.45, 2.75) is 6.92 Å². The number of aryl methyl sites for hydroxylation is 1. The molecule has 2 aromatic carbocycles. The third kappa shape index (κ3) is 3.58. The Labute approximate surface area is 143 Å². The maximum absolute atomic E-state index is 12.0. The second-order valence-electron chi connectivity index (χ2n) is 5.35. The number of carbonyl (C=O) groups excluding carboxylic acids is 2. The van der Waals surface area contributed by atoms with Gasteiger partial charge in [-0.1, -0.05) is 35.9 Å². The summed E-state index contributed by atoms with van der Waals surface area (Å²) in [5.74, 6) is -1.01. The van der Waals surface area contributed by atoms with Gasteiger partial charge in [-0.15, -0.1) is 0 Å². The standard InChI is InChI=1S/C18H15ClN2O3/c1-11-6-7-13(19)9-15(11)21-17(22)10-24-18(23)16-8-12-4-2-3-5-14(12)20-16/h2-9,20H,10H2,1H3,(H,21,22). The number of hydrogen-bond acceptors (Lipinski definition) is 3. The molecule has 0 radical (unpaired) electrons. The van der Waals surface area contributed by atoms with E-state index in [1.165, 1.54) is 0 Å². The van der Waals surface area contributed by atoms with Crippen LogP contribution in [0, 0.1) is 6.92 Å². The summed E-state index contributed by atoms with van der Waals surface area (Å²) in [7, 11) is 0. The number of esters is 1. The van der Waals surface area contributed by atoms with E-state index in [0.717, 1.165) is 16.5 Å². The molecule has 0 spiro atoms. The normalized spacial score (nSPS) is 10.6. The van der Waals surface area contributed by atoms with Crippen LogP contribution in [0.25, 0.3) is 10.9 Å². The quantitative estimate of drug-likeness (QED) is 0.706. The smallest absolute Gasteiger partial charge is 0.355 e. The minimum absolute atomic E-state index is 0.308. The number of ether oxygens (including phenoxy) is 1. The molecule has 6 heteroatoms. The molecule has 5 nitrogen and oxygen atoms in total. The van der Waals surface area contributed by atoms with E-state index in [9.17, 15) is 9.59 Å². The van der Waals surface area contributed by atoms with Gasteiger partial charge < -0.3 is 15.0 Å². The SMILES string of the molecule is Cc1ccc(Cl)cc1NC(=O)COC(=O)c1cc2ccccc2[nH]1. The van der Waals surface area contributed by atoms with Crippen molar-refractivity contribution < 1.29 is 14.3 Å². The van der Waals surface area contributed by atoms with Crippen molar-refractivity contribution in [1.29, 1.82) is 0 Å². The number of nitrogens with one attached hydrogen (secondary N) is 2. The number of carbonyl (C=O) groups is 2. The Bertz CT molecular complexity index is 885. The molecule has 2 N–H and O–H groups in total. The molecule has 0 aliphatic carbocycles. The van der Waals surface area contributed by atoms with Gasteiger partial charge in [-0.25, -0.2) is 4.79 Å². The third-order valence-electron chi connectivity index (χ3n) is 3.56. The molecule has 1 aromatic heterocycles. The van der Waals surface area contributed by atoms with Gasteiger partial charge in [-0.2, -0.15) is 0 Å². The lowest BCUT2D eigenvalue weighted by molar-refractivity contribution is -0.119. The maximum atomic E-state index is 12.0. The number of amides is 1. The monoisotopic (exact) mass is 342 g/mol. The van der Waals surface area contributed by atoms with Crippen molar-refractivity contribution in [2.24, 2.45) is 0 Å². The van der Waals surface area contributed by atoms with E-state index in [1.807, 2.05) is 31.2 Å². The van der Waals surface area contributed by atoms with Crippen LogP contribution in [0.3, 0.4) is 0 Å². The van der Waals surface area contributed by atoms with Gasteiger partial charge in [0.05, 0.1) is 0 Å². The molecule has 3 rings (SSSR count). The predicted octanol–water partition coefficient (Wildman–Crippen LogP) is 3.93. The Kier molecular flexibility index (Phi) is 4.53. The van der Waals surface area contributed by atoms with E-state index in [-0.39, 0.29) is 6.61 Å². The van der Waals surface area contributed by atoms with Gasteiger partial charge >= 0.3 is 5.97 Å². The van der Waals surface area contributed by atoms with Gasteiger partial charge in [0.2, 0.25) is 0 Å². The number of halogens is 1. The lowest BCUT2D eigenvalue weighted by Crippen LogP contribution is -2.21. The summed E-state index contributed by atoms with van der Waals surface area (Å²) >= 11 is 5.91. The number of para-hydroxylation sites is 1. The van der Waals surface area contributed by atoms with Gasteiger partial charge in [-0.05, 0) is 36.8 Å². The van der Waals surface area contributed by atoms with Gasteiger partial charge in [0.15, 0.2) is 6.61 Å². The zero-order valence-electron chi connectivity index (χ0n) is 12.9. The zero-order chi connectivity index (χ0) is 17.1. The second kappa shape index (κ2) is 6.76. The van der Waals surface area contributed by atoms with Gasteiger partial charge in [0.25, 0.3) is 5.91 Å². The van der Waals surface area contributed by atoms with Crippen molar-refractivity contribution in [2.75, 3.05) is 11.9 Å². The fourth-order valence-electron chi connectivity index (χ4n) is 2.31. The molecule has 24 heavy (non-hydrogen) atoms. The highest BCUT2D eigenvalue weighted by Gasteiger charge is 2.13. The van der Waals surface area contributed by atoms with Crippen LogP contribution in [0.5, 0.6) is 0 Å². The third-order valence-corrected chi connectivity index (χ3v) is 3.79. The molecule has 1 amide bonds. The number of aromatic amines is 1. The Hall–Kier alpha value is -2.79. The molecule has 0 saturated heterocycles. The summed E-state index contributed by atoms with van der Waals surface area (Å²) in [6.07, 6.45) is 0. The highest BCUT2D eigenvalue weighted by Crippen LogP contribution is 2.20. The number of fused-ring (bicyclic) bond motifs is 1. The average Bonchev–Trinajstić information content (AvgIpc) is 3.00. The molecule has 3 aromatic rings. The van der Waals surface area contributed by atoms with Gasteiger partial charge in [0, 0.05) is 21.6 Å². The summed E-state index contributed by atoms with van der Waals surface area (Å²) in [6.45, 7) is 1.47. The van der Waals surface area contributed by atoms with Gasteiger partial charge in [0.1, 0.15) is 5.69 Å².